The molecule has 166 valence electrons. The van der Waals surface area contributed by atoms with Crippen LogP contribution in [0.3, 0.4) is 0 Å². The maximum atomic E-state index is 12.7. The van der Waals surface area contributed by atoms with E-state index < -0.39 is 5.91 Å². The van der Waals surface area contributed by atoms with E-state index in [1.165, 1.54) is 6.20 Å². The van der Waals surface area contributed by atoms with E-state index in [1.54, 1.807) is 25.1 Å². The van der Waals surface area contributed by atoms with Crippen LogP contribution in [0.4, 0.5) is 5.69 Å². The van der Waals surface area contributed by atoms with E-state index in [-0.39, 0.29) is 23.5 Å². The van der Waals surface area contributed by atoms with Gasteiger partial charge in [-0.05, 0) is 62.3 Å². The Hall–Kier alpha value is -3.61. The third-order valence-corrected chi connectivity index (χ3v) is 6.32. The van der Waals surface area contributed by atoms with Gasteiger partial charge in [-0.3, -0.25) is 14.6 Å². The zero-order chi connectivity index (χ0) is 22.7. The molecule has 0 saturated heterocycles. The zero-order valence-corrected chi connectivity index (χ0v) is 18.1. The van der Waals surface area contributed by atoms with Gasteiger partial charge in [-0.15, -0.1) is 0 Å². The normalized spacial score (nSPS) is 24.9. The van der Waals surface area contributed by atoms with Crippen molar-refractivity contribution in [3.05, 3.63) is 71.9 Å². The van der Waals surface area contributed by atoms with Gasteiger partial charge >= 0.3 is 0 Å². The summed E-state index contributed by atoms with van der Waals surface area (Å²) >= 11 is 0. The summed E-state index contributed by atoms with van der Waals surface area (Å²) in [6.45, 7) is 1.78. The van der Waals surface area contributed by atoms with Crippen LogP contribution < -0.4 is 21.5 Å². The number of hydrogen-bond donors (Lipinski definition) is 3. The smallest absolute Gasteiger partial charge is 0.254 e. The number of amides is 2. The number of ether oxygens (including phenoxy) is 1. The lowest BCUT2D eigenvalue weighted by Crippen LogP contribution is -2.59. The predicted molar refractivity (Wildman–Crippen MR) is 124 cm³/mol. The fraction of sp³-hybridized carbons (Fsp3) is 0.320. The number of carbonyl (C=O) groups excluding carboxylic acids is 2. The van der Waals surface area contributed by atoms with E-state index in [2.05, 4.69) is 10.3 Å². The largest absolute Gasteiger partial charge is 0.490 e. The first-order valence-corrected chi connectivity index (χ1v) is 10.8. The number of carbonyl (C=O) groups is 2. The summed E-state index contributed by atoms with van der Waals surface area (Å²) in [4.78, 5) is 28.8. The van der Waals surface area contributed by atoms with Crippen LogP contribution in [0.25, 0.3) is 0 Å². The molecular weight excluding hydrogens is 404 g/mol. The number of hydrogen-bond acceptors (Lipinski definition) is 5. The molecule has 7 heteroatoms. The van der Waals surface area contributed by atoms with Crippen molar-refractivity contribution >= 4 is 23.2 Å². The van der Waals surface area contributed by atoms with Gasteiger partial charge in [0.2, 0.25) is 0 Å². The van der Waals surface area contributed by atoms with Crippen LogP contribution in [-0.2, 0) is 4.79 Å². The minimum Gasteiger partial charge on any atom is -0.490 e. The van der Waals surface area contributed by atoms with E-state index in [4.69, 9.17) is 16.2 Å². The van der Waals surface area contributed by atoms with Crippen molar-refractivity contribution in [2.45, 2.75) is 44.8 Å². The summed E-state index contributed by atoms with van der Waals surface area (Å²) in [5.41, 5.74) is 13.5. The lowest BCUT2D eigenvalue weighted by molar-refractivity contribution is -0.123. The number of rotatable bonds is 7. The van der Waals surface area contributed by atoms with Gasteiger partial charge in [-0.1, -0.05) is 30.3 Å². The Kier molecular flexibility index (Phi) is 5.99. The van der Waals surface area contributed by atoms with E-state index in [1.807, 2.05) is 36.4 Å². The molecule has 2 aliphatic rings. The number of nitrogens with two attached hydrogens (primary N) is 2. The molecule has 1 spiro atoms. The van der Waals surface area contributed by atoms with Gasteiger partial charge in [0.05, 0.1) is 28.6 Å². The van der Waals surface area contributed by atoms with Crippen molar-refractivity contribution in [1.29, 1.82) is 0 Å². The number of aliphatic imine (C=N–C) groups is 1. The van der Waals surface area contributed by atoms with Gasteiger partial charge in [0.1, 0.15) is 5.75 Å². The fourth-order valence-corrected chi connectivity index (χ4v) is 4.74. The molecule has 7 nitrogen and oxygen atoms in total. The quantitative estimate of drug-likeness (QED) is 0.459. The van der Waals surface area contributed by atoms with Crippen LogP contribution in [-0.4, -0.2) is 29.7 Å². The van der Waals surface area contributed by atoms with Crippen molar-refractivity contribution < 1.29 is 14.3 Å². The highest BCUT2D eigenvalue weighted by Gasteiger charge is 2.54. The summed E-state index contributed by atoms with van der Waals surface area (Å²) < 4.78 is 6.00. The lowest BCUT2D eigenvalue weighted by Gasteiger charge is -2.57. The first-order valence-electron chi connectivity index (χ1n) is 10.8. The van der Waals surface area contributed by atoms with Crippen LogP contribution in [0, 0.1) is 5.41 Å². The number of benzene rings is 2. The minimum absolute atomic E-state index is 0.0619. The Morgan fingerprint density at radius 2 is 1.72 bits per heavy atom. The number of para-hydroxylation sites is 2. The molecule has 32 heavy (non-hydrogen) atoms. The molecule has 0 unspecified atom stereocenters. The monoisotopic (exact) mass is 432 g/mol. The molecule has 0 aliphatic heterocycles. The highest BCUT2D eigenvalue weighted by Crippen LogP contribution is 2.56. The molecule has 5 N–H and O–H groups in total. The highest BCUT2D eigenvalue weighted by molar-refractivity contribution is 6.21. The third-order valence-electron chi connectivity index (χ3n) is 6.32. The fourth-order valence-electron chi connectivity index (χ4n) is 4.74. The van der Waals surface area contributed by atoms with Crippen molar-refractivity contribution in [2.24, 2.45) is 21.9 Å². The number of nitrogens with zero attached hydrogens (tertiary/aromatic N) is 1. The summed E-state index contributed by atoms with van der Waals surface area (Å²) in [5.74, 6) is -0.155. The first-order chi connectivity index (χ1) is 15.4. The molecule has 0 atom stereocenters. The summed E-state index contributed by atoms with van der Waals surface area (Å²) in [6, 6.07) is 16.6. The maximum Gasteiger partial charge on any atom is 0.254 e. The Morgan fingerprint density at radius 1 is 1.06 bits per heavy atom. The van der Waals surface area contributed by atoms with E-state index in [9.17, 15) is 9.59 Å². The predicted octanol–water partition coefficient (Wildman–Crippen LogP) is 3.23. The van der Waals surface area contributed by atoms with E-state index in [0.717, 1.165) is 31.4 Å². The van der Waals surface area contributed by atoms with Gasteiger partial charge in [-0.2, -0.15) is 0 Å². The molecule has 0 heterocycles. The molecule has 0 radical (unpaired) electrons. The zero-order valence-electron chi connectivity index (χ0n) is 18.1. The van der Waals surface area contributed by atoms with Gasteiger partial charge in [-0.25, -0.2) is 0 Å². The Bertz CT molecular complexity index is 1060. The number of nitrogens with one attached hydrogen (secondary N) is 1. The third kappa shape index (κ3) is 4.51. The average molecular weight is 433 g/mol. The second-order valence-corrected chi connectivity index (χ2v) is 8.70. The highest BCUT2D eigenvalue weighted by atomic mass is 16.5. The van der Waals surface area contributed by atoms with E-state index in [0.29, 0.717) is 22.6 Å². The van der Waals surface area contributed by atoms with Crippen molar-refractivity contribution in [1.82, 2.24) is 5.32 Å². The van der Waals surface area contributed by atoms with Crippen LogP contribution in [0.1, 0.15) is 43.0 Å². The molecule has 0 bridgehead atoms. The second kappa shape index (κ2) is 8.86. The Balaban J connectivity index is 1.27. The van der Waals surface area contributed by atoms with Crippen molar-refractivity contribution in [3.63, 3.8) is 0 Å². The van der Waals surface area contributed by atoms with Crippen LogP contribution in [0.15, 0.2) is 71.4 Å². The van der Waals surface area contributed by atoms with Crippen molar-refractivity contribution in [3.8, 4) is 5.75 Å². The first kappa shape index (κ1) is 21.6. The van der Waals surface area contributed by atoms with Crippen LogP contribution >= 0.6 is 0 Å². The molecule has 0 aromatic heterocycles. The van der Waals surface area contributed by atoms with Crippen molar-refractivity contribution in [2.75, 3.05) is 0 Å². The van der Waals surface area contributed by atoms with Gasteiger partial charge in [0, 0.05) is 12.2 Å². The maximum absolute atomic E-state index is 12.7. The van der Waals surface area contributed by atoms with Crippen LogP contribution in [0.2, 0.25) is 0 Å². The summed E-state index contributed by atoms with van der Waals surface area (Å²) in [5, 5.41) is 3.08. The average Bonchev–Trinajstić information content (AvgIpc) is 2.72. The minimum atomic E-state index is -0.490. The summed E-state index contributed by atoms with van der Waals surface area (Å²) in [6.07, 6.45) is 4.99. The molecule has 2 fully saturated rings. The molecule has 2 amide bonds. The Labute approximate surface area is 187 Å². The van der Waals surface area contributed by atoms with Crippen LogP contribution in [0.5, 0.6) is 5.75 Å². The SMILES string of the molecule is CC(=Nc1ccccc1)C(=CN)C(=O)NC1CC2(C1)CC(Oc1ccccc1C(N)=O)C2. The molecule has 2 saturated carbocycles. The topological polar surface area (TPSA) is 120 Å². The van der Waals surface area contributed by atoms with Gasteiger partial charge in [0.25, 0.3) is 11.8 Å². The molecule has 4 rings (SSSR count). The lowest BCUT2D eigenvalue weighted by atomic mass is 9.53. The molecule has 2 aliphatic carbocycles. The van der Waals surface area contributed by atoms with Gasteiger partial charge < -0.3 is 21.5 Å². The number of primary amides is 1. The second-order valence-electron chi connectivity index (χ2n) is 8.70. The molecule has 2 aromatic carbocycles. The standard InChI is InChI=1S/C25H28N4O3/c1-16(28-17-7-3-2-4-8-17)21(15-26)24(31)29-18-11-25(12-18)13-19(14-25)32-22-10-6-5-9-20(22)23(27)30/h2-10,15,18-19H,11-14,26H2,1H3,(H2,27,30)(H,29,31). The Morgan fingerprint density at radius 3 is 2.38 bits per heavy atom. The van der Waals surface area contributed by atoms with E-state index >= 15 is 0 Å². The molecule has 2 aromatic rings. The summed E-state index contributed by atoms with van der Waals surface area (Å²) in [7, 11) is 0. The molecular formula is C25H28N4O3. The van der Waals surface area contributed by atoms with Gasteiger partial charge in [0.15, 0.2) is 0 Å².